The molecule has 2 heterocycles. The number of thioether (sulfide) groups is 1. The number of allylic oxidation sites excluding steroid dienone is 2. The zero-order valence-corrected chi connectivity index (χ0v) is 15.6. The van der Waals surface area contributed by atoms with Gasteiger partial charge in [0.25, 0.3) is 5.01 Å². The summed E-state index contributed by atoms with van der Waals surface area (Å²) in [4.78, 5) is 3.59. The van der Waals surface area contributed by atoms with E-state index >= 15 is 0 Å². The Kier molecular flexibility index (Phi) is 3.94. The lowest BCUT2D eigenvalue weighted by atomic mass is 10.2. The summed E-state index contributed by atoms with van der Waals surface area (Å²) in [5.74, 6) is 0. The van der Waals surface area contributed by atoms with Crippen LogP contribution in [-0.4, -0.2) is 7.05 Å². The molecule has 0 atom stereocenters. The van der Waals surface area contributed by atoms with Crippen LogP contribution < -0.4 is 9.47 Å². The normalized spacial score (nSPS) is 16.2. The molecule has 1 aliphatic heterocycles. The zero-order valence-electron chi connectivity index (χ0n) is 14.0. The third-order valence-corrected chi connectivity index (χ3v) is 6.58. The molecule has 0 aliphatic carbocycles. The van der Waals surface area contributed by atoms with Crippen LogP contribution in [-0.2, 0) is 7.05 Å². The van der Waals surface area contributed by atoms with Crippen molar-refractivity contribution < 1.29 is 4.57 Å². The van der Waals surface area contributed by atoms with E-state index in [0.717, 1.165) is 0 Å². The van der Waals surface area contributed by atoms with E-state index in [2.05, 4.69) is 91.2 Å². The molecule has 0 spiro atoms. The summed E-state index contributed by atoms with van der Waals surface area (Å²) in [5, 5.41) is 2.54. The van der Waals surface area contributed by atoms with Crippen LogP contribution in [0.1, 0.15) is 11.9 Å². The Labute approximate surface area is 150 Å². The first-order chi connectivity index (χ1) is 11.6. The fourth-order valence-electron chi connectivity index (χ4n) is 2.92. The Morgan fingerprint density at radius 1 is 1.08 bits per heavy atom. The first kappa shape index (κ1) is 15.5. The van der Waals surface area contributed by atoms with Gasteiger partial charge in [0.05, 0.1) is 10.7 Å². The molecule has 3 aromatic rings. The summed E-state index contributed by atoms with van der Waals surface area (Å²) in [7, 11) is 4.27. The molecule has 4 rings (SSSR count). The highest BCUT2D eigenvalue weighted by Gasteiger charge is 2.21. The fourth-order valence-corrected chi connectivity index (χ4v) is 5.25. The predicted molar refractivity (Wildman–Crippen MR) is 105 cm³/mol. The van der Waals surface area contributed by atoms with Crippen LogP contribution in [0.15, 0.2) is 70.1 Å². The third kappa shape index (κ3) is 2.66. The van der Waals surface area contributed by atoms with Gasteiger partial charge in [0.1, 0.15) is 11.7 Å². The number of nitrogens with zero attached hydrogens (tertiary/aromatic N) is 2. The van der Waals surface area contributed by atoms with Crippen molar-refractivity contribution in [2.24, 2.45) is 7.05 Å². The SMILES string of the molecule is CC(=Cc1sc2ccccc2[n+]1C)C=C1Sc2ccccc2N1C. The van der Waals surface area contributed by atoms with Gasteiger partial charge in [-0.1, -0.05) is 47.4 Å². The van der Waals surface area contributed by atoms with Crippen molar-refractivity contribution in [2.45, 2.75) is 11.8 Å². The Morgan fingerprint density at radius 3 is 2.62 bits per heavy atom. The number of para-hydroxylation sites is 2. The molecule has 0 N–H and O–H groups in total. The Hall–Kier alpha value is -2.04. The van der Waals surface area contributed by atoms with Crippen molar-refractivity contribution >= 4 is 45.1 Å². The molecule has 0 bridgehead atoms. The molecule has 0 saturated carbocycles. The summed E-state index contributed by atoms with van der Waals surface area (Å²) < 4.78 is 3.59. The molecule has 24 heavy (non-hydrogen) atoms. The van der Waals surface area contributed by atoms with Crippen molar-refractivity contribution in [3.8, 4) is 0 Å². The molecule has 2 nitrogen and oxygen atoms in total. The molecule has 1 aromatic heterocycles. The maximum absolute atomic E-state index is 2.27. The summed E-state index contributed by atoms with van der Waals surface area (Å²) in [6, 6.07) is 17.1. The Morgan fingerprint density at radius 2 is 1.83 bits per heavy atom. The molecule has 0 saturated heterocycles. The van der Waals surface area contributed by atoms with E-state index in [1.165, 1.54) is 36.4 Å². The number of thiazole rings is 1. The Bertz CT molecular complexity index is 982. The molecule has 0 amide bonds. The standard InChI is InChI=1S/C20H19N2S2/c1-14(12-19-21(2)15-8-4-6-10-17(15)23-19)13-20-22(3)16-9-5-7-11-18(16)24-20/h4-13H,1-3H3/q+1. The van der Waals surface area contributed by atoms with E-state index in [9.17, 15) is 0 Å². The van der Waals surface area contributed by atoms with Crippen LogP contribution in [0.4, 0.5) is 5.69 Å². The van der Waals surface area contributed by atoms with Crippen LogP contribution in [0.25, 0.3) is 16.3 Å². The van der Waals surface area contributed by atoms with Gasteiger partial charge in [0.15, 0.2) is 0 Å². The van der Waals surface area contributed by atoms with Gasteiger partial charge in [0.2, 0.25) is 5.52 Å². The maximum atomic E-state index is 2.27. The minimum atomic E-state index is 1.26. The summed E-state index contributed by atoms with van der Waals surface area (Å²) in [6.07, 6.45) is 4.55. The number of benzene rings is 2. The minimum absolute atomic E-state index is 1.26. The number of aromatic nitrogens is 1. The number of fused-ring (bicyclic) bond motifs is 2. The van der Waals surface area contributed by atoms with E-state index in [1.54, 1.807) is 0 Å². The van der Waals surface area contributed by atoms with Crippen LogP contribution in [0.5, 0.6) is 0 Å². The molecule has 2 aromatic carbocycles. The van der Waals surface area contributed by atoms with E-state index in [-0.39, 0.29) is 0 Å². The number of hydrogen-bond acceptors (Lipinski definition) is 3. The molecular formula is C20H19N2S2+. The second-order valence-electron chi connectivity index (χ2n) is 5.97. The summed E-state index contributed by atoms with van der Waals surface area (Å²) in [5.41, 5.74) is 3.84. The van der Waals surface area contributed by atoms with Crippen LogP contribution in [0.3, 0.4) is 0 Å². The minimum Gasteiger partial charge on any atom is -0.338 e. The molecular weight excluding hydrogens is 332 g/mol. The van der Waals surface area contributed by atoms with E-state index < -0.39 is 0 Å². The average Bonchev–Trinajstić information content (AvgIpc) is 3.06. The van der Waals surface area contributed by atoms with E-state index in [4.69, 9.17) is 0 Å². The number of rotatable bonds is 2. The van der Waals surface area contributed by atoms with Gasteiger partial charge in [-0.2, -0.15) is 4.57 Å². The highest BCUT2D eigenvalue weighted by molar-refractivity contribution is 8.03. The molecule has 0 fully saturated rings. The number of aryl methyl sites for hydroxylation is 1. The highest BCUT2D eigenvalue weighted by atomic mass is 32.2. The second kappa shape index (κ2) is 6.11. The number of hydrogen-bond donors (Lipinski definition) is 0. The summed E-state index contributed by atoms with van der Waals surface area (Å²) in [6.45, 7) is 2.18. The lowest BCUT2D eigenvalue weighted by Gasteiger charge is -2.13. The van der Waals surface area contributed by atoms with Crippen molar-refractivity contribution in [3.05, 3.63) is 70.2 Å². The zero-order chi connectivity index (χ0) is 16.7. The molecule has 120 valence electrons. The van der Waals surface area contributed by atoms with Crippen molar-refractivity contribution in [1.82, 2.24) is 0 Å². The van der Waals surface area contributed by atoms with E-state index in [0.29, 0.717) is 0 Å². The average molecular weight is 352 g/mol. The third-order valence-electron chi connectivity index (χ3n) is 4.25. The van der Waals surface area contributed by atoms with Gasteiger partial charge in [-0.05, 0) is 36.8 Å². The highest BCUT2D eigenvalue weighted by Crippen LogP contribution is 2.45. The largest absolute Gasteiger partial charge is 0.338 e. The topological polar surface area (TPSA) is 7.12 Å². The molecule has 0 radical (unpaired) electrons. The molecule has 0 unspecified atom stereocenters. The fraction of sp³-hybridized carbons (Fsp3) is 0.150. The summed E-state index contributed by atoms with van der Waals surface area (Å²) >= 11 is 3.67. The maximum Gasteiger partial charge on any atom is 0.262 e. The van der Waals surface area contributed by atoms with Crippen LogP contribution in [0, 0.1) is 0 Å². The van der Waals surface area contributed by atoms with Gasteiger partial charge in [-0.25, -0.2) is 0 Å². The van der Waals surface area contributed by atoms with Crippen molar-refractivity contribution in [1.29, 1.82) is 0 Å². The second-order valence-corrected chi connectivity index (χ2v) is 8.09. The first-order valence-corrected chi connectivity index (χ1v) is 9.55. The van der Waals surface area contributed by atoms with Gasteiger partial charge in [-0.15, -0.1) is 0 Å². The van der Waals surface area contributed by atoms with Crippen molar-refractivity contribution in [2.75, 3.05) is 11.9 Å². The van der Waals surface area contributed by atoms with Crippen LogP contribution >= 0.6 is 23.1 Å². The quantitative estimate of drug-likeness (QED) is 0.585. The molecule has 1 aliphatic rings. The predicted octanol–water partition coefficient (Wildman–Crippen LogP) is 5.21. The Balaban J connectivity index is 1.67. The van der Waals surface area contributed by atoms with Gasteiger partial charge in [0, 0.05) is 24.1 Å². The van der Waals surface area contributed by atoms with Gasteiger partial charge < -0.3 is 4.90 Å². The lowest BCUT2D eigenvalue weighted by Crippen LogP contribution is -2.28. The smallest absolute Gasteiger partial charge is 0.262 e. The molecule has 4 heteroatoms. The monoisotopic (exact) mass is 351 g/mol. The first-order valence-electron chi connectivity index (χ1n) is 7.91. The van der Waals surface area contributed by atoms with Crippen LogP contribution in [0.2, 0.25) is 0 Å². The van der Waals surface area contributed by atoms with Gasteiger partial charge in [-0.3, -0.25) is 0 Å². The van der Waals surface area contributed by atoms with Gasteiger partial charge >= 0.3 is 0 Å². The lowest BCUT2D eigenvalue weighted by molar-refractivity contribution is -0.642. The van der Waals surface area contributed by atoms with E-state index in [1.807, 2.05) is 23.1 Å². The number of anilines is 1. The van der Waals surface area contributed by atoms with Crippen molar-refractivity contribution in [3.63, 3.8) is 0 Å².